The summed E-state index contributed by atoms with van der Waals surface area (Å²) >= 11 is 7.60. The topological polar surface area (TPSA) is 154 Å². The van der Waals surface area contributed by atoms with E-state index >= 15 is 0 Å². The molecule has 1 aromatic carbocycles. The number of nitrogens with zero attached hydrogens (tertiary/aromatic N) is 4. The molecule has 4 N–H and O–H groups in total. The van der Waals surface area contributed by atoms with E-state index in [1.165, 1.54) is 4.57 Å². The summed E-state index contributed by atoms with van der Waals surface area (Å²) in [7, 11) is 0. The second-order valence-electron chi connectivity index (χ2n) is 9.09. The number of halogens is 4. The minimum Gasteiger partial charge on any atom is -0.341 e. The van der Waals surface area contributed by atoms with Crippen molar-refractivity contribution < 1.29 is 8.78 Å². The largest absolute Gasteiger partial charge is 0.341 e. The molecular weight excluding hydrogens is 708 g/mol. The van der Waals surface area contributed by atoms with E-state index in [2.05, 4.69) is 47.9 Å². The summed E-state index contributed by atoms with van der Waals surface area (Å²) in [6, 6.07) is 9.28. The molecular formula is C25H19Br2F2N7O3S2. The maximum atomic E-state index is 14.1. The van der Waals surface area contributed by atoms with Crippen LogP contribution >= 0.6 is 54.5 Å². The molecule has 0 amide bonds. The van der Waals surface area contributed by atoms with Gasteiger partial charge in [0.05, 0.1) is 32.6 Å². The number of nitriles is 1. The third-order valence-electron chi connectivity index (χ3n) is 6.37. The Kier molecular flexibility index (Phi) is 8.52. The highest BCUT2D eigenvalue weighted by Crippen LogP contribution is 2.33. The van der Waals surface area contributed by atoms with Gasteiger partial charge in [0.2, 0.25) is 5.95 Å². The Morgan fingerprint density at radius 2 is 1.80 bits per heavy atom. The van der Waals surface area contributed by atoms with E-state index in [1.807, 2.05) is 22.0 Å². The zero-order valence-corrected chi connectivity index (χ0v) is 25.6. The normalized spacial score (nSPS) is 15.1. The minimum absolute atomic E-state index is 0.0103. The van der Waals surface area contributed by atoms with E-state index in [4.69, 9.17) is 5.73 Å². The predicted octanol–water partition coefficient (Wildman–Crippen LogP) is 4.39. The molecule has 1 aliphatic rings. The van der Waals surface area contributed by atoms with Crippen molar-refractivity contribution in [1.29, 1.82) is 5.26 Å². The molecule has 16 heteroatoms. The van der Waals surface area contributed by atoms with Gasteiger partial charge in [0, 0.05) is 19.1 Å². The quantitative estimate of drug-likeness (QED) is 0.249. The van der Waals surface area contributed by atoms with Crippen LogP contribution in [0.1, 0.15) is 24.0 Å². The van der Waals surface area contributed by atoms with Crippen molar-refractivity contribution in [1.82, 2.24) is 19.5 Å². The molecule has 0 unspecified atom stereocenters. The molecule has 41 heavy (non-hydrogen) atoms. The first-order chi connectivity index (χ1) is 19.6. The van der Waals surface area contributed by atoms with E-state index in [9.17, 15) is 28.4 Å². The van der Waals surface area contributed by atoms with E-state index in [-0.39, 0.29) is 42.0 Å². The number of thiophene rings is 2. The van der Waals surface area contributed by atoms with Crippen LogP contribution in [-0.4, -0.2) is 38.7 Å². The van der Waals surface area contributed by atoms with Crippen LogP contribution in [0.15, 0.2) is 47.6 Å². The second-order valence-corrected chi connectivity index (χ2v) is 12.6. The van der Waals surface area contributed by atoms with Crippen LogP contribution in [0, 0.1) is 21.6 Å². The van der Waals surface area contributed by atoms with Gasteiger partial charge in [-0.3, -0.25) is 19.1 Å². The highest BCUT2D eigenvalue weighted by molar-refractivity contribution is 9.11. The summed E-state index contributed by atoms with van der Waals surface area (Å²) in [5, 5.41) is 8.39. The molecule has 212 valence electrons. The summed E-state index contributed by atoms with van der Waals surface area (Å²) < 4.78 is 29.4. The molecule has 1 atom stereocenters. The van der Waals surface area contributed by atoms with Crippen molar-refractivity contribution in [3.05, 3.63) is 85.8 Å². The van der Waals surface area contributed by atoms with Crippen molar-refractivity contribution in [2.75, 3.05) is 18.0 Å². The van der Waals surface area contributed by atoms with Gasteiger partial charge in [-0.15, -0.1) is 0 Å². The highest BCUT2D eigenvalue weighted by atomic mass is 79.9. The molecule has 0 spiro atoms. The number of nitrogens with two attached hydrogens (primary N) is 1. The fourth-order valence-corrected chi connectivity index (χ4v) is 7.38. The van der Waals surface area contributed by atoms with E-state index in [0.29, 0.717) is 40.5 Å². The van der Waals surface area contributed by atoms with Crippen LogP contribution in [0.2, 0.25) is 0 Å². The fraction of sp³-hybridized carbons (Fsp3) is 0.240. The van der Waals surface area contributed by atoms with Crippen LogP contribution in [-0.2, 0) is 6.54 Å². The number of nitrogens with one attached hydrogen (secondary N) is 2. The Morgan fingerprint density at radius 3 is 2.54 bits per heavy atom. The number of hydrogen-bond donors (Lipinski definition) is 3. The number of anilines is 1. The van der Waals surface area contributed by atoms with Crippen LogP contribution in [0.4, 0.5) is 14.7 Å². The first kappa shape index (κ1) is 29.3. The van der Waals surface area contributed by atoms with Crippen LogP contribution in [0.3, 0.4) is 0 Å². The molecule has 1 fully saturated rings. The maximum Gasteiger partial charge on any atom is 0.326 e. The van der Waals surface area contributed by atoms with Gasteiger partial charge in [-0.1, -0.05) is 40.9 Å². The van der Waals surface area contributed by atoms with Gasteiger partial charge < -0.3 is 15.6 Å². The van der Waals surface area contributed by atoms with Gasteiger partial charge in [-0.2, -0.15) is 14.0 Å². The number of H-pyrrole nitrogens is 2. The summed E-state index contributed by atoms with van der Waals surface area (Å²) in [5.41, 5.74) is 6.33. The van der Waals surface area contributed by atoms with Crippen LogP contribution in [0.25, 0.3) is 20.4 Å². The second kappa shape index (κ2) is 11.9. The molecule has 5 heterocycles. The van der Waals surface area contributed by atoms with Gasteiger partial charge in [0.15, 0.2) is 10.3 Å². The first-order valence-electron chi connectivity index (χ1n) is 12.1. The lowest BCUT2D eigenvalue weighted by molar-refractivity contribution is 0.492. The van der Waals surface area contributed by atoms with Crippen LogP contribution < -0.4 is 27.4 Å². The lowest BCUT2D eigenvalue weighted by Crippen LogP contribution is -2.45. The zero-order valence-electron chi connectivity index (χ0n) is 20.8. The molecule has 4 aromatic heterocycles. The Bertz CT molecular complexity index is 2010. The number of fused-ring (bicyclic) bond motifs is 2. The number of piperidine rings is 1. The average Bonchev–Trinajstić information content (AvgIpc) is 3.40. The lowest BCUT2D eigenvalue weighted by Gasteiger charge is -2.33. The van der Waals surface area contributed by atoms with Gasteiger partial charge in [0.25, 0.3) is 11.1 Å². The van der Waals surface area contributed by atoms with E-state index in [0.717, 1.165) is 30.7 Å². The van der Waals surface area contributed by atoms with Crippen molar-refractivity contribution in [3.8, 4) is 6.07 Å². The fourth-order valence-electron chi connectivity index (χ4n) is 4.47. The molecule has 0 bridgehead atoms. The van der Waals surface area contributed by atoms with Crippen molar-refractivity contribution in [2.24, 2.45) is 5.73 Å². The van der Waals surface area contributed by atoms with Crippen molar-refractivity contribution in [2.45, 2.75) is 25.4 Å². The Morgan fingerprint density at radius 1 is 1.10 bits per heavy atom. The number of aromatic amines is 2. The summed E-state index contributed by atoms with van der Waals surface area (Å²) in [4.78, 5) is 46.1. The summed E-state index contributed by atoms with van der Waals surface area (Å²) in [6.45, 7) is 1.47. The highest BCUT2D eigenvalue weighted by Gasteiger charge is 2.25. The molecule has 6 rings (SSSR count). The Balaban J connectivity index is 0.000000216. The Labute approximate surface area is 254 Å². The van der Waals surface area contributed by atoms with Crippen LogP contribution in [0.5, 0.6) is 0 Å². The van der Waals surface area contributed by atoms with E-state index < -0.39 is 21.5 Å². The predicted molar refractivity (Wildman–Crippen MR) is 162 cm³/mol. The minimum atomic E-state index is -0.643. The smallest absolute Gasteiger partial charge is 0.326 e. The molecule has 10 nitrogen and oxygen atoms in total. The standard InChI is InChI=1S/C19H17BrFN5OS.C6H2BrFN2O2S/c20-14-15-16(28-17(14)21)18(27)26(9-12-5-2-1-4-11(12)8-22)19(24-15)25-7-3-6-13(23)10-25;7-1-2-3(13-4(1)8)5(11)10-6(12)9-2/h1-2,4-5,13H,3,6-7,9-10,23H2;(H2,9,10,11,12)/t13-;/m1./s1. The van der Waals surface area contributed by atoms with Crippen molar-refractivity contribution in [3.63, 3.8) is 0 Å². The average molecular weight is 727 g/mol. The van der Waals surface area contributed by atoms with E-state index in [1.54, 1.807) is 12.1 Å². The molecule has 5 aromatic rings. The number of hydrogen-bond acceptors (Lipinski definition) is 9. The molecule has 1 saturated heterocycles. The zero-order chi connectivity index (χ0) is 29.4. The summed E-state index contributed by atoms with van der Waals surface area (Å²) in [5.74, 6) is 0.457. The number of rotatable bonds is 3. The molecule has 0 aliphatic carbocycles. The van der Waals surface area contributed by atoms with Gasteiger partial charge >= 0.3 is 5.69 Å². The Hall–Kier alpha value is -3.23. The van der Waals surface area contributed by atoms with Gasteiger partial charge in [0.1, 0.15) is 14.9 Å². The molecule has 0 saturated carbocycles. The third-order valence-corrected chi connectivity index (χ3v) is 10.3. The van der Waals surface area contributed by atoms with Gasteiger partial charge in [-0.25, -0.2) is 9.78 Å². The number of benzene rings is 1. The summed E-state index contributed by atoms with van der Waals surface area (Å²) in [6.07, 6.45) is 1.81. The SMILES string of the molecule is N#Cc1ccccc1Cn1c(N2CCC[C@@H](N)C2)nc2c(Br)c(F)sc2c1=O.O=c1[nH]c(=O)c2sc(F)c(Br)c2[nH]1. The number of aromatic nitrogens is 4. The van der Waals surface area contributed by atoms with Crippen molar-refractivity contribution >= 4 is 80.9 Å². The maximum absolute atomic E-state index is 14.1. The monoisotopic (exact) mass is 725 g/mol. The molecule has 1 aliphatic heterocycles. The lowest BCUT2D eigenvalue weighted by atomic mass is 10.1. The third kappa shape index (κ3) is 5.77. The molecule has 0 radical (unpaired) electrons. The van der Waals surface area contributed by atoms with Gasteiger partial charge in [-0.05, 0) is 56.3 Å². The first-order valence-corrected chi connectivity index (χ1v) is 15.3.